The van der Waals surface area contributed by atoms with E-state index in [1.807, 2.05) is 25.5 Å². The van der Waals surface area contributed by atoms with E-state index >= 15 is 0 Å². The molecule has 2 aliphatic heterocycles. The van der Waals surface area contributed by atoms with Gasteiger partial charge >= 0.3 is 6.09 Å². The number of hydrogen-bond donors (Lipinski definition) is 2. The number of aromatic nitrogens is 4. The smallest absolute Gasteiger partial charge is 0.408 e. The maximum atomic E-state index is 12.2. The number of amides is 1. The van der Waals surface area contributed by atoms with Gasteiger partial charge in [-0.15, -0.1) is 0 Å². The van der Waals surface area contributed by atoms with Gasteiger partial charge in [-0.05, 0) is 59.8 Å². The zero-order valence-corrected chi connectivity index (χ0v) is 19.5. The van der Waals surface area contributed by atoms with Crippen LogP contribution < -0.4 is 10.2 Å². The van der Waals surface area contributed by atoms with E-state index < -0.39 is 5.60 Å². The van der Waals surface area contributed by atoms with Crippen molar-refractivity contribution in [2.24, 2.45) is 0 Å². The van der Waals surface area contributed by atoms with Crippen LogP contribution in [0.5, 0.6) is 0 Å². The Labute approximate surface area is 187 Å². The van der Waals surface area contributed by atoms with E-state index in [0.717, 1.165) is 63.3 Å². The average molecular weight is 449 g/mol. The van der Waals surface area contributed by atoms with Gasteiger partial charge < -0.3 is 19.7 Å². The molecule has 2 N–H and O–H groups in total. The Morgan fingerprint density at radius 2 is 2.10 bits per heavy atom. The number of fused-ring (bicyclic) bond motifs is 1. The van der Waals surface area contributed by atoms with Gasteiger partial charge in [-0.1, -0.05) is 12.2 Å². The van der Waals surface area contributed by atoms with E-state index in [4.69, 9.17) is 26.7 Å². The van der Waals surface area contributed by atoms with Crippen LogP contribution in [0.25, 0.3) is 11.2 Å². The minimum atomic E-state index is -0.510. The first kappa shape index (κ1) is 22.0. The van der Waals surface area contributed by atoms with E-state index in [-0.39, 0.29) is 17.9 Å². The predicted octanol–water partition coefficient (Wildman–Crippen LogP) is 4.07. The molecule has 0 radical (unpaired) electrons. The Balaban J connectivity index is 1.47. The highest BCUT2D eigenvalue weighted by Crippen LogP contribution is 2.29. The first-order valence-electron chi connectivity index (χ1n) is 11.0. The van der Waals surface area contributed by atoms with Gasteiger partial charge in [0.2, 0.25) is 0 Å². The van der Waals surface area contributed by atoms with Crippen LogP contribution in [0.3, 0.4) is 0 Å². The number of H-pyrrole nitrogens is 1. The van der Waals surface area contributed by atoms with Crippen molar-refractivity contribution in [2.75, 3.05) is 24.6 Å². The Bertz CT molecular complexity index is 997. The third kappa shape index (κ3) is 5.01. The highest BCUT2D eigenvalue weighted by Gasteiger charge is 2.34. The van der Waals surface area contributed by atoms with Gasteiger partial charge in [0.05, 0.1) is 6.20 Å². The Morgan fingerprint density at radius 3 is 2.74 bits per heavy atom. The lowest BCUT2D eigenvalue weighted by molar-refractivity contribution is -0.0371. The van der Waals surface area contributed by atoms with Gasteiger partial charge in [-0.3, -0.25) is 5.10 Å². The number of aromatic amines is 1. The quantitative estimate of drug-likeness (QED) is 0.683. The molecule has 2 fully saturated rings. The molecule has 1 atom stereocenters. The predicted molar refractivity (Wildman–Crippen MR) is 121 cm³/mol. The molecule has 4 rings (SSSR count). The highest BCUT2D eigenvalue weighted by atomic mass is 32.1. The molecule has 1 unspecified atom stereocenters. The monoisotopic (exact) mass is 448 g/mol. The zero-order valence-electron chi connectivity index (χ0n) is 18.7. The molecule has 2 aromatic heterocycles. The van der Waals surface area contributed by atoms with E-state index in [1.165, 1.54) is 0 Å². The molecule has 0 aliphatic carbocycles. The molecule has 2 saturated heterocycles. The summed E-state index contributed by atoms with van der Waals surface area (Å²) in [7, 11) is 0. The Hall–Kier alpha value is -2.20. The van der Waals surface area contributed by atoms with Crippen LogP contribution >= 0.6 is 12.2 Å². The molecular formula is C21H32N6O3S. The lowest BCUT2D eigenvalue weighted by Crippen LogP contribution is -2.54. The standard InChI is InChI=1S/C21H32N6O3S/c1-20(2,3)30-19(28)24-21(4)8-10-26(11-9-21)14-13-22-16-17(23-14)27(25-18(16)31)15-7-5-6-12-29-15/h13,15H,5-12H2,1-4H3,(H,24,28)(H,25,31). The molecular weight excluding hydrogens is 416 g/mol. The minimum Gasteiger partial charge on any atom is -0.444 e. The number of ether oxygens (including phenoxy) is 2. The number of carbonyl (C=O) groups is 1. The maximum absolute atomic E-state index is 12.2. The van der Waals surface area contributed by atoms with Crippen LogP contribution in [0.4, 0.5) is 10.6 Å². The molecule has 9 nitrogen and oxygen atoms in total. The third-order valence-electron chi connectivity index (χ3n) is 5.84. The number of anilines is 1. The second kappa shape index (κ2) is 8.38. The van der Waals surface area contributed by atoms with Crippen molar-refractivity contribution < 1.29 is 14.3 Å². The molecule has 2 aromatic rings. The van der Waals surface area contributed by atoms with Crippen LogP contribution in [0.1, 0.15) is 66.0 Å². The number of nitrogens with one attached hydrogen (secondary N) is 2. The fraction of sp³-hybridized carbons (Fsp3) is 0.714. The zero-order chi connectivity index (χ0) is 22.2. The van der Waals surface area contributed by atoms with E-state index in [9.17, 15) is 4.79 Å². The molecule has 1 amide bonds. The minimum absolute atomic E-state index is 0.0832. The molecule has 0 bridgehead atoms. The van der Waals surface area contributed by atoms with Gasteiger partial charge in [0, 0.05) is 25.2 Å². The van der Waals surface area contributed by atoms with E-state index in [1.54, 1.807) is 6.20 Å². The second-order valence-electron chi connectivity index (χ2n) is 9.71. The summed E-state index contributed by atoms with van der Waals surface area (Å²) in [6, 6.07) is 0. The number of nitrogens with zero attached hydrogens (tertiary/aromatic N) is 4. The van der Waals surface area contributed by atoms with Crippen molar-refractivity contribution >= 4 is 35.3 Å². The fourth-order valence-corrected chi connectivity index (χ4v) is 4.35. The lowest BCUT2D eigenvalue weighted by atomic mass is 9.90. The number of hydrogen-bond acceptors (Lipinski definition) is 7. The van der Waals surface area contributed by atoms with Gasteiger partial charge in [0.25, 0.3) is 0 Å². The van der Waals surface area contributed by atoms with Crippen molar-refractivity contribution in [1.82, 2.24) is 25.1 Å². The van der Waals surface area contributed by atoms with Crippen molar-refractivity contribution in [3.63, 3.8) is 0 Å². The molecule has 4 heterocycles. The summed E-state index contributed by atoms with van der Waals surface area (Å²) in [6.07, 6.45) is 6.03. The molecule has 31 heavy (non-hydrogen) atoms. The molecule has 10 heteroatoms. The molecule has 0 spiro atoms. The maximum Gasteiger partial charge on any atom is 0.408 e. The molecule has 0 saturated carbocycles. The van der Waals surface area contributed by atoms with Crippen LogP contribution in [-0.2, 0) is 9.47 Å². The van der Waals surface area contributed by atoms with Gasteiger partial charge in [0.15, 0.2) is 5.65 Å². The summed E-state index contributed by atoms with van der Waals surface area (Å²) in [5, 5.41) is 6.25. The van der Waals surface area contributed by atoms with Gasteiger partial charge in [0.1, 0.15) is 27.8 Å². The number of alkyl carbamates (subject to hydrolysis) is 1. The third-order valence-corrected chi connectivity index (χ3v) is 6.13. The normalized spacial score (nSPS) is 21.8. The largest absolute Gasteiger partial charge is 0.444 e. The fourth-order valence-electron chi connectivity index (χ4n) is 4.11. The average Bonchev–Trinajstić information content (AvgIpc) is 3.03. The summed E-state index contributed by atoms with van der Waals surface area (Å²) >= 11 is 5.45. The van der Waals surface area contributed by atoms with Crippen molar-refractivity contribution in [2.45, 2.75) is 77.2 Å². The van der Waals surface area contributed by atoms with Gasteiger partial charge in [-0.25, -0.2) is 19.4 Å². The topological polar surface area (TPSA) is 97.3 Å². The molecule has 0 aromatic carbocycles. The van der Waals surface area contributed by atoms with E-state index in [0.29, 0.717) is 10.2 Å². The van der Waals surface area contributed by atoms with Crippen LogP contribution in [0.15, 0.2) is 6.20 Å². The molecule has 2 aliphatic rings. The first-order chi connectivity index (χ1) is 14.6. The SMILES string of the molecule is CC1(NC(=O)OC(C)(C)C)CCN(c2cnc3c(=S)[nH]n(C4CCCCO4)c3n2)CC1. The van der Waals surface area contributed by atoms with Crippen LogP contribution in [-0.4, -0.2) is 56.7 Å². The summed E-state index contributed by atoms with van der Waals surface area (Å²) in [4.78, 5) is 23.9. The lowest BCUT2D eigenvalue weighted by Gasteiger charge is -2.40. The summed E-state index contributed by atoms with van der Waals surface area (Å²) in [5.41, 5.74) is 0.605. The second-order valence-corrected chi connectivity index (χ2v) is 10.1. The van der Waals surface area contributed by atoms with Crippen molar-refractivity contribution in [3.05, 3.63) is 10.8 Å². The van der Waals surface area contributed by atoms with E-state index in [2.05, 4.69) is 27.2 Å². The van der Waals surface area contributed by atoms with Crippen molar-refractivity contribution in [1.29, 1.82) is 0 Å². The summed E-state index contributed by atoms with van der Waals surface area (Å²) < 4.78 is 13.8. The molecule has 170 valence electrons. The van der Waals surface area contributed by atoms with Crippen LogP contribution in [0.2, 0.25) is 0 Å². The highest BCUT2D eigenvalue weighted by molar-refractivity contribution is 7.71. The number of piperidine rings is 1. The number of rotatable bonds is 3. The number of carbonyl (C=O) groups excluding carboxylic acids is 1. The van der Waals surface area contributed by atoms with Crippen LogP contribution in [0, 0.1) is 4.64 Å². The summed E-state index contributed by atoms with van der Waals surface area (Å²) in [5.74, 6) is 0.811. The Morgan fingerprint density at radius 1 is 1.35 bits per heavy atom. The summed E-state index contributed by atoms with van der Waals surface area (Å²) in [6.45, 7) is 9.93. The van der Waals surface area contributed by atoms with Crippen molar-refractivity contribution in [3.8, 4) is 0 Å². The first-order valence-corrected chi connectivity index (χ1v) is 11.4. The van der Waals surface area contributed by atoms with Gasteiger partial charge in [-0.2, -0.15) is 0 Å². The Kier molecular flexibility index (Phi) is 5.95.